The van der Waals surface area contributed by atoms with E-state index in [1.165, 1.54) is 0 Å². The molecule has 0 fully saturated rings. The lowest BCUT2D eigenvalue weighted by molar-refractivity contribution is 0.483. The van der Waals surface area contributed by atoms with E-state index in [2.05, 4.69) is 10.6 Å². The second-order valence-corrected chi connectivity index (χ2v) is 5.82. The van der Waals surface area contributed by atoms with Gasteiger partial charge < -0.3 is 15.4 Å². The van der Waals surface area contributed by atoms with Crippen LogP contribution in [0.2, 0.25) is 5.02 Å². The standard InChI is InChI=1S/C19H15ClN2OS/c20-17-11-4-5-12-18(17)22-19(24)21-14-7-6-10-16(13-14)23-15-8-2-1-3-9-15/h1-13H,(H2,21,22,24). The second-order valence-electron chi connectivity index (χ2n) is 5.00. The van der Waals surface area contributed by atoms with Gasteiger partial charge in [0.25, 0.3) is 0 Å². The Morgan fingerprint density at radius 2 is 1.50 bits per heavy atom. The van der Waals surface area contributed by atoms with Crippen LogP contribution >= 0.6 is 23.8 Å². The monoisotopic (exact) mass is 354 g/mol. The summed E-state index contributed by atoms with van der Waals surface area (Å²) in [6.07, 6.45) is 0. The molecular formula is C19H15ClN2OS. The summed E-state index contributed by atoms with van der Waals surface area (Å²) >= 11 is 11.4. The quantitative estimate of drug-likeness (QED) is 0.568. The van der Waals surface area contributed by atoms with Crippen LogP contribution in [0.1, 0.15) is 0 Å². The molecule has 24 heavy (non-hydrogen) atoms. The molecule has 0 aliphatic heterocycles. The predicted octanol–water partition coefficient (Wildman–Crippen LogP) is 5.94. The SMILES string of the molecule is S=C(Nc1cccc(Oc2ccccc2)c1)Nc1ccccc1Cl. The van der Waals surface area contributed by atoms with Crippen LogP contribution in [0.4, 0.5) is 11.4 Å². The summed E-state index contributed by atoms with van der Waals surface area (Å²) in [6.45, 7) is 0. The van der Waals surface area contributed by atoms with E-state index in [1.807, 2.05) is 72.8 Å². The maximum absolute atomic E-state index is 6.12. The summed E-state index contributed by atoms with van der Waals surface area (Å²) in [6, 6.07) is 24.6. The van der Waals surface area contributed by atoms with Crippen molar-refractivity contribution in [1.29, 1.82) is 0 Å². The normalized spacial score (nSPS) is 10.0. The smallest absolute Gasteiger partial charge is 0.175 e. The minimum Gasteiger partial charge on any atom is -0.457 e. The molecule has 0 aliphatic rings. The summed E-state index contributed by atoms with van der Waals surface area (Å²) in [5, 5.41) is 7.27. The number of halogens is 1. The Balaban J connectivity index is 1.66. The second kappa shape index (κ2) is 7.81. The van der Waals surface area contributed by atoms with E-state index in [9.17, 15) is 0 Å². The Hall–Kier alpha value is -2.56. The van der Waals surface area contributed by atoms with Crippen LogP contribution in [0.3, 0.4) is 0 Å². The highest BCUT2D eigenvalue weighted by Crippen LogP contribution is 2.24. The molecular weight excluding hydrogens is 340 g/mol. The van der Waals surface area contributed by atoms with Crippen molar-refractivity contribution in [3.8, 4) is 11.5 Å². The number of thiocarbonyl (C=S) groups is 1. The number of hydrogen-bond acceptors (Lipinski definition) is 2. The van der Waals surface area contributed by atoms with Gasteiger partial charge in [-0.15, -0.1) is 0 Å². The molecule has 0 unspecified atom stereocenters. The van der Waals surface area contributed by atoms with E-state index in [-0.39, 0.29) is 0 Å². The molecule has 3 rings (SSSR count). The molecule has 0 spiro atoms. The summed E-state index contributed by atoms with van der Waals surface area (Å²) < 4.78 is 5.81. The zero-order valence-corrected chi connectivity index (χ0v) is 14.3. The molecule has 120 valence electrons. The third-order valence-electron chi connectivity index (χ3n) is 3.19. The zero-order valence-electron chi connectivity index (χ0n) is 12.7. The third kappa shape index (κ3) is 4.47. The summed E-state index contributed by atoms with van der Waals surface area (Å²) in [4.78, 5) is 0. The van der Waals surface area contributed by atoms with Gasteiger partial charge in [0.1, 0.15) is 11.5 Å². The molecule has 0 bridgehead atoms. The number of ether oxygens (including phenoxy) is 1. The highest BCUT2D eigenvalue weighted by Gasteiger charge is 2.04. The minimum atomic E-state index is 0.458. The van der Waals surface area contributed by atoms with Gasteiger partial charge in [-0.05, 0) is 48.6 Å². The molecule has 2 N–H and O–H groups in total. The van der Waals surface area contributed by atoms with E-state index >= 15 is 0 Å². The van der Waals surface area contributed by atoms with Crippen molar-refractivity contribution in [3.05, 3.63) is 83.9 Å². The predicted molar refractivity (Wildman–Crippen MR) is 104 cm³/mol. The van der Waals surface area contributed by atoms with Gasteiger partial charge in [0.2, 0.25) is 0 Å². The fraction of sp³-hybridized carbons (Fsp3) is 0. The molecule has 3 aromatic rings. The van der Waals surface area contributed by atoms with Crippen molar-refractivity contribution in [2.24, 2.45) is 0 Å². The van der Waals surface area contributed by atoms with Crippen molar-refractivity contribution < 1.29 is 4.74 Å². The first kappa shape index (κ1) is 16.3. The van der Waals surface area contributed by atoms with Gasteiger partial charge in [-0.2, -0.15) is 0 Å². The van der Waals surface area contributed by atoms with Crippen molar-refractivity contribution in [2.75, 3.05) is 10.6 Å². The number of para-hydroxylation sites is 2. The fourth-order valence-electron chi connectivity index (χ4n) is 2.11. The molecule has 3 aromatic carbocycles. The first-order valence-electron chi connectivity index (χ1n) is 7.36. The Bertz CT molecular complexity index is 840. The number of nitrogens with one attached hydrogen (secondary N) is 2. The first-order valence-corrected chi connectivity index (χ1v) is 8.15. The molecule has 0 saturated heterocycles. The largest absolute Gasteiger partial charge is 0.457 e. The molecule has 5 heteroatoms. The summed E-state index contributed by atoms with van der Waals surface area (Å²) in [5.74, 6) is 1.51. The molecule has 0 saturated carbocycles. The van der Waals surface area contributed by atoms with Crippen molar-refractivity contribution >= 4 is 40.3 Å². The highest BCUT2D eigenvalue weighted by atomic mass is 35.5. The van der Waals surface area contributed by atoms with E-state index in [0.717, 1.165) is 22.9 Å². The molecule has 0 aromatic heterocycles. The molecule has 0 aliphatic carbocycles. The highest BCUT2D eigenvalue weighted by molar-refractivity contribution is 7.80. The number of benzene rings is 3. The Morgan fingerprint density at radius 1 is 0.792 bits per heavy atom. The van der Waals surface area contributed by atoms with Crippen LogP contribution in [0, 0.1) is 0 Å². The van der Waals surface area contributed by atoms with Gasteiger partial charge in [-0.25, -0.2) is 0 Å². The third-order valence-corrected chi connectivity index (χ3v) is 3.73. The Kier molecular flexibility index (Phi) is 5.31. The molecule has 0 atom stereocenters. The van der Waals surface area contributed by atoms with Crippen LogP contribution in [0.5, 0.6) is 11.5 Å². The Labute approximate surface area is 151 Å². The zero-order chi connectivity index (χ0) is 16.8. The van der Waals surface area contributed by atoms with E-state index in [1.54, 1.807) is 6.07 Å². The average Bonchev–Trinajstić information content (AvgIpc) is 2.58. The summed E-state index contributed by atoms with van der Waals surface area (Å²) in [7, 11) is 0. The molecule has 0 amide bonds. The average molecular weight is 355 g/mol. The van der Waals surface area contributed by atoms with E-state index < -0.39 is 0 Å². The van der Waals surface area contributed by atoms with E-state index in [4.69, 9.17) is 28.6 Å². The maximum atomic E-state index is 6.12. The lowest BCUT2D eigenvalue weighted by Gasteiger charge is -2.13. The van der Waals surface area contributed by atoms with Gasteiger partial charge in [0.15, 0.2) is 5.11 Å². The first-order chi connectivity index (χ1) is 11.7. The number of rotatable bonds is 4. The lowest BCUT2D eigenvalue weighted by atomic mass is 10.3. The van der Waals surface area contributed by atoms with Crippen molar-refractivity contribution in [1.82, 2.24) is 0 Å². The van der Waals surface area contributed by atoms with Crippen molar-refractivity contribution in [3.63, 3.8) is 0 Å². The Morgan fingerprint density at radius 3 is 2.29 bits per heavy atom. The fourth-order valence-corrected chi connectivity index (χ4v) is 2.52. The van der Waals surface area contributed by atoms with Crippen LogP contribution in [0.25, 0.3) is 0 Å². The van der Waals surface area contributed by atoms with Gasteiger partial charge in [-0.3, -0.25) is 0 Å². The van der Waals surface area contributed by atoms with Crippen LogP contribution < -0.4 is 15.4 Å². The van der Waals surface area contributed by atoms with Gasteiger partial charge in [0.05, 0.1) is 10.7 Å². The minimum absolute atomic E-state index is 0.458. The van der Waals surface area contributed by atoms with Gasteiger partial charge in [-0.1, -0.05) is 48.0 Å². The number of hydrogen-bond donors (Lipinski definition) is 2. The van der Waals surface area contributed by atoms with Gasteiger partial charge in [0, 0.05) is 11.8 Å². The van der Waals surface area contributed by atoms with Crippen molar-refractivity contribution in [2.45, 2.75) is 0 Å². The van der Waals surface area contributed by atoms with E-state index in [0.29, 0.717) is 10.1 Å². The molecule has 0 heterocycles. The molecule has 3 nitrogen and oxygen atoms in total. The molecule has 0 radical (unpaired) electrons. The summed E-state index contributed by atoms with van der Waals surface area (Å²) in [5.41, 5.74) is 1.58. The van der Waals surface area contributed by atoms with Crippen LogP contribution in [-0.2, 0) is 0 Å². The maximum Gasteiger partial charge on any atom is 0.175 e. The van der Waals surface area contributed by atoms with Crippen LogP contribution in [-0.4, -0.2) is 5.11 Å². The topological polar surface area (TPSA) is 33.3 Å². The lowest BCUT2D eigenvalue weighted by Crippen LogP contribution is -2.19. The number of anilines is 2. The van der Waals surface area contributed by atoms with Crippen LogP contribution in [0.15, 0.2) is 78.9 Å². The van der Waals surface area contributed by atoms with Gasteiger partial charge >= 0.3 is 0 Å².